The standard InChI is InChI=1S/C17H13F4NO3/c1-10(25-16(24)13-4-2-3-5-14(13)18)15(23)22-12-8-6-11(7-9-12)17(19,20)21/h2-10H,1H3,(H,22,23). The molecule has 0 aliphatic rings. The number of halogens is 4. The Morgan fingerprint density at radius 1 is 1.04 bits per heavy atom. The van der Waals surface area contributed by atoms with E-state index in [-0.39, 0.29) is 11.3 Å². The zero-order valence-electron chi connectivity index (χ0n) is 12.9. The van der Waals surface area contributed by atoms with Crippen LogP contribution >= 0.6 is 0 Å². The van der Waals surface area contributed by atoms with Gasteiger partial charge in [-0.15, -0.1) is 0 Å². The molecular formula is C17H13F4NO3. The summed E-state index contributed by atoms with van der Waals surface area (Å²) in [6, 6.07) is 8.89. The van der Waals surface area contributed by atoms with Crippen molar-refractivity contribution in [2.24, 2.45) is 0 Å². The van der Waals surface area contributed by atoms with E-state index in [1.807, 2.05) is 0 Å². The second-order valence-corrected chi connectivity index (χ2v) is 5.09. The molecule has 0 saturated carbocycles. The lowest BCUT2D eigenvalue weighted by molar-refractivity contribution is -0.137. The molecule has 0 radical (unpaired) electrons. The average molecular weight is 355 g/mol. The zero-order valence-corrected chi connectivity index (χ0v) is 12.9. The number of esters is 1. The molecule has 0 spiro atoms. The molecule has 0 bridgehead atoms. The second-order valence-electron chi connectivity index (χ2n) is 5.09. The Balaban J connectivity index is 1.98. The van der Waals surface area contributed by atoms with Gasteiger partial charge in [0.2, 0.25) is 0 Å². The van der Waals surface area contributed by atoms with Crippen LogP contribution in [-0.2, 0) is 15.7 Å². The number of hydrogen-bond acceptors (Lipinski definition) is 3. The van der Waals surface area contributed by atoms with E-state index in [2.05, 4.69) is 5.32 Å². The van der Waals surface area contributed by atoms with E-state index < -0.39 is 35.5 Å². The highest BCUT2D eigenvalue weighted by atomic mass is 19.4. The van der Waals surface area contributed by atoms with E-state index in [1.54, 1.807) is 0 Å². The number of carbonyl (C=O) groups is 2. The Labute approximate surface area is 140 Å². The Kier molecular flexibility index (Phi) is 5.41. The number of carbonyl (C=O) groups excluding carboxylic acids is 2. The maximum absolute atomic E-state index is 13.5. The Morgan fingerprint density at radius 3 is 2.20 bits per heavy atom. The maximum atomic E-state index is 13.5. The molecule has 0 fully saturated rings. The van der Waals surface area contributed by atoms with Crippen molar-refractivity contribution >= 4 is 17.6 Å². The first-order valence-corrected chi connectivity index (χ1v) is 7.12. The summed E-state index contributed by atoms with van der Waals surface area (Å²) in [6.07, 6.45) is -5.75. The molecule has 4 nitrogen and oxygen atoms in total. The fourth-order valence-electron chi connectivity index (χ4n) is 1.89. The Hall–Kier alpha value is -2.90. The van der Waals surface area contributed by atoms with Crippen LogP contribution in [0, 0.1) is 5.82 Å². The highest BCUT2D eigenvalue weighted by Crippen LogP contribution is 2.29. The van der Waals surface area contributed by atoms with Crippen LogP contribution in [0.2, 0.25) is 0 Å². The molecule has 1 unspecified atom stereocenters. The van der Waals surface area contributed by atoms with Gasteiger partial charge in [0.1, 0.15) is 5.82 Å². The summed E-state index contributed by atoms with van der Waals surface area (Å²) in [6.45, 7) is 1.26. The van der Waals surface area contributed by atoms with E-state index >= 15 is 0 Å². The van der Waals surface area contributed by atoms with Gasteiger partial charge in [-0.3, -0.25) is 4.79 Å². The van der Waals surface area contributed by atoms with Crippen molar-refractivity contribution in [3.63, 3.8) is 0 Å². The molecule has 0 heterocycles. The highest BCUT2D eigenvalue weighted by molar-refractivity contribution is 5.97. The summed E-state index contributed by atoms with van der Waals surface area (Å²) in [7, 11) is 0. The smallest absolute Gasteiger partial charge is 0.416 e. The van der Waals surface area contributed by atoms with Crippen molar-refractivity contribution in [3.05, 3.63) is 65.5 Å². The van der Waals surface area contributed by atoms with Crippen LogP contribution in [0.15, 0.2) is 48.5 Å². The first-order chi connectivity index (χ1) is 11.7. The third-order valence-electron chi connectivity index (χ3n) is 3.23. The lowest BCUT2D eigenvalue weighted by Gasteiger charge is -2.14. The number of alkyl halides is 3. The molecule has 2 rings (SSSR count). The van der Waals surface area contributed by atoms with Gasteiger partial charge in [-0.05, 0) is 43.3 Å². The third kappa shape index (κ3) is 4.79. The average Bonchev–Trinajstić information content (AvgIpc) is 2.54. The summed E-state index contributed by atoms with van der Waals surface area (Å²) in [5.41, 5.74) is -1.08. The van der Waals surface area contributed by atoms with Crippen LogP contribution in [-0.4, -0.2) is 18.0 Å². The van der Waals surface area contributed by atoms with Crippen LogP contribution < -0.4 is 5.32 Å². The summed E-state index contributed by atoms with van der Waals surface area (Å²) in [5, 5.41) is 2.31. The van der Waals surface area contributed by atoms with Gasteiger partial charge >= 0.3 is 12.1 Å². The summed E-state index contributed by atoms with van der Waals surface area (Å²) in [5.74, 6) is -2.57. The molecule has 0 saturated heterocycles. The largest absolute Gasteiger partial charge is 0.449 e. The number of benzene rings is 2. The molecule has 2 aromatic rings. The topological polar surface area (TPSA) is 55.4 Å². The van der Waals surface area contributed by atoms with E-state index in [0.29, 0.717) is 0 Å². The molecule has 132 valence electrons. The number of ether oxygens (including phenoxy) is 1. The predicted molar refractivity (Wildman–Crippen MR) is 81.4 cm³/mol. The molecular weight excluding hydrogens is 342 g/mol. The normalized spacial score (nSPS) is 12.4. The first-order valence-electron chi connectivity index (χ1n) is 7.12. The summed E-state index contributed by atoms with van der Waals surface area (Å²) < 4.78 is 55.8. The van der Waals surface area contributed by atoms with Gasteiger partial charge in [0, 0.05) is 5.69 Å². The zero-order chi connectivity index (χ0) is 18.6. The molecule has 0 aliphatic heterocycles. The molecule has 0 aliphatic carbocycles. The SMILES string of the molecule is CC(OC(=O)c1ccccc1F)C(=O)Nc1ccc(C(F)(F)F)cc1. The lowest BCUT2D eigenvalue weighted by Crippen LogP contribution is -2.30. The van der Waals surface area contributed by atoms with Gasteiger partial charge in [0.15, 0.2) is 6.10 Å². The number of nitrogens with one attached hydrogen (secondary N) is 1. The van der Waals surface area contributed by atoms with Gasteiger partial charge in [-0.2, -0.15) is 13.2 Å². The molecule has 1 amide bonds. The van der Waals surface area contributed by atoms with Crippen molar-refractivity contribution in [2.45, 2.75) is 19.2 Å². The molecule has 2 aromatic carbocycles. The predicted octanol–water partition coefficient (Wildman–Crippen LogP) is 4.03. The number of anilines is 1. The van der Waals surface area contributed by atoms with Crippen molar-refractivity contribution < 1.29 is 31.9 Å². The second kappa shape index (κ2) is 7.33. The highest BCUT2D eigenvalue weighted by Gasteiger charge is 2.30. The van der Waals surface area contributed by atoms with E-state index in [0.717, 1.165) is 30.3 Å². The fraction of sp³-hybridized carbons (Fsp3) is 0.176. The molecule has 25 heavy (non-hydrogen) atoms. The van der Waals surface area contributed by atoms with Crippen molar-refractivity contribution in [1.29, 1.82) is 0 Å². The van der Waals surface area contributed by atoms with Crippen molar-refractivity contribution in [1.82, 2.24) is 0 Å². The van der Waals surface area contributed by atoms with E-state index in [1.165, 1.54) is 25.1 Å². The third-order valence-corrected chi connectivity index (χ3v) is 3.23. The molecule has 1 N–H and O–H groups in total. The van der Waals surface area contributed by atoms with Crippen LogP contribution in [0.3, 0.4) is 0 Å². The monoisotopic (exact) mass is 355 g/mol. The van der Waals surface area contributed by atoms with Gasteiger partial charge in [0.05, 0.1) is 11.1 Å². The minimum atomic E-state index is -4.48. The van der Waals surface area contributed by atoms with Crippen LogP contribution in [0.4, 0.5) is 23.2 Å². The van der Waals surface area contributed by atoms with Gasteiger partial charge < -0.3 is 10.1 Å². The Bertz CT molecular complexity index is 772. The van der Waals surface area contributed by atoms with Crippen LogP contribution in [0.5, 0.6) is 0 Å². The maximum Gasteiger partial charge on any atom is 0.416 e. The molecule has 1 atom stereocenters. The number of hydrogen-bond donors (Lipinski definition) is 1. The summed E-state index contributed by atoms with van der Waals surface area (Å²) >= 11 is 0. The van der Waals surface area contributed by atoms with E-state index in [4.69, 9.17) is 4.74 Å². The van der Waals surface area contributed by atoms with Gasteiger partial charge in [0.25, 0.3) is 5.91 Å². The van der Waals surface area contributed by atoms with Gasteiger partial charge in [-0.25, -0.2) is 9.18 Å². The number of rotatable bonds is 4. The lowest BCUT2D eigenvalue weighted by atomic mass is 10.2. The van der Waals surface area contributed by atoms with Crippen molar-refractivity contribution in [3.8, 4) is 0 Å². The number of amides is 1. The Morgan fingerprint density at radius 2 is 1.64 bits per heavy atom. The molecule has 8 heteroatoms. The van der Waals surface area contributed by atoms with Gasteiger partial charge in [-0.1, -0.05) is 12.1 Å². The first kappa shape index (κ1) is 18.4. The summed E-state index contributed by atoms with van der Waals surface area (Å²) in [4.78, 5) is 23.8. The molecule has 0 aromatic heterocycles. The van der Waals surface area contributed by atoms with Crippen LogP contribution in [0.25, 0.3) is 0 Å². The van der Waals surface area contributed by atoms with Crippen LogP contribution in [0.1, 0.15) is 22.8 Å². The minimum absolute atomic E-state index is 0.104. The van der Waals surface area contributed by atoms with E-state index in [9.17, 15) is 27.2 Å². The quantitative estimate of drug-likeness (QED) is 0.666. The fourth-order valence-corrected chi connectivity index (χ4v) is 1.89. The minimum Gasteiger partial charge on any atom is -0.449 e. The van der Waals surface area contributed by atoms with Crippen molar-refractivity contribution in [2.75, 3.05) is 5.32 Å².